The van der Waals surface area contributed by atoms with Crippen LogP contribution < -0.4 is 0 Å². The van der Waals surface area contributed by atoms with Crippen LogP contribution in [0, 0.1) is 5.92 Å². The van der Waals surface area contributed by atoms with Crippen LogP contribution in [-0.4, -0.2) is 96.7 Å². The summed E-state index contributed by atoms with van der Waals surface area (Å²) in [5.41, 5.74) is 0. The lowest BCUT2D eigenvalue weighted by Gasteiger charge is -2.21. The second-order valence-corrected chi connectivity index (χ2v) is 29.4. The highest BCUT2D eigenvalue weighted by Crippen LogP contribution is 2.45. The number of ether oxygens (including phenoxy) is 4. The molecular weight excluding hydrogens is 1200 g/mol. The minimum absolute atomic E-state index is 0.106. The monoisotopic (exact) mass is 1340 g/mol. The van der Waals surface area contributed by atoms with Gasteiger partial charge in [0.1, 0.15) is 19.3 Å². The predicted octanol–water partition coefficient (Wildman–Crippen LogP) is 20.9. The number of hydrogen-bond donors (Lipinski definition) is 3. The highest BCUT2D eigenvalue weighted by atomic mass is 31.2. The van der Waals surface area contributed by atoms with Crippen LogP contribution in [0.25, 0.3) is 0 Å². The second kappa shape index (κ2) is 65.4. The van der Waals surface area contributed by atoms with Crippen molar-refractivity contribution in [1.29, 1.82) is 0 Å². The van der Waals surface area contributed by atoms with Gasteiger partial charge in [-0.1, -0.05) is 324 Å². The van der Waals surface area contributed by atoms with Crippen LogP contribution >= 0.6 is 15.6 Å². The summed E-state index contributed by atoms with van der Waals surface area (Å²) in [6.45, 7) is 7.24. The summed E-state index contributed by atoms with van der Waals surface area (Å²) in [6, 6.07) is 0. The zero-order chi connectivity index (χ0) is 67.0. The van der Waals surface area contributed by atoms with Crippen molar-refractivity contribution in [3.05, 3.63) is 0 Å². The number of unbranched alkanes of at least 4 members (excludes halogenated alkanes) is 44. The molecule has 0 aromatic heterocycles. The van der Waals surface area contributed by atoms with Gasteiger partial charge in [-0.05, 0) is 31.6 Å². The van der Waals surface area contributed by atoms with Crippen molar-refractivity contribution in [2.24, 2.45) is 5.92 Å². The van der Waals surface area contributed by atoms with Crippen molar-refractivity contribution < 1.29 is 80.2 Å². The summed E-state index contributed by atoms with van der Waals surface area (Å²) in [6.07, 6.45) is 52.5. The number of carbonyl (C=O) groups excluding carboxylic acids is 4. The third-order valence-corrected chi connectivity index (χ3v) is 18.7. The molecule has 0 spiro atoms. The van der Waals surface area contributed by atoms with E-state index < -0.39 is 97.5 Å². The Morgan fingerprint density at radius 1 is 0.297 bits per heavy atom. The number of carbonyl (C=O) groups is 4. The number of rotatable bonds is 72. The minimum atomic E-state index is -4.95. The van der Waals surface area contributed by atoms with Crippen LogP contribution in [0.1, 0.15) is 375 Å². The quantitative estimate of drug-likeness (QED) is 0.0222. The molecule has 0 fully saturated rings. The van der Waals surface area contributed by atoms with Crippen LogP contribution in [0.4, 0.5) is 0 Å². The molecule has 17 nitrogen and oxygen atoms in total. The van der Waals surface area contributed by atoms with Crippen molar-refractivity contribution in [1.82, 2.24) is 0 Å². The van der Waals surface area contributed by atoms with E-state index in [1.165, 1.54) is 199 Å². The fourth-order valence-electron chi connectivity index (χ4n) is 11.0. The Kier molecular flexibility index (Phi) is 64.0. The molecule has 0 aromatic carbocycles. The SMILES string of the molecule is CCCCCCCCCCCCCCCCCC(=O)O[C@H](COC(=O)CCCCCCCCCCCCCCC)COP(=O)(O)OC[C@@H](O)COP(=O)(O)OC[C@@H](COC(=O)CCCCCCCCCCCCC)OC(=O)CCCCCCCCCCCC(C)C. The average molecular weight is 1340 g/mol. The lowest BCUT2D eigenvalue weighted by Crippen LogP contribution is -2.30. The van der Waals surface area contributed by atoms with E-state index in [2.05, 4.69) is 34.6 Å². The molecule has 19 heteroatoms. The molecule has 0 aliphatic carbocycles. The van der Waals surface area contributed by atoms with Gasteiger partial charge in [-0.3, -0.25) is 37.3 Å². The van der Waals surface area contributed by atoms with Crippen LogP contribution in [0.2, 0.25) is 0 Å². The Balaban J connectivity index is 5.25. The Morgan fingerprint density at radius 2 is 0.505 bits per heavy atom. The lowest BCUT2D eigenvalue weighted by molar-refractivity contribution is -0.161. The van der Waals surface area contributed by atoms with E-state index in [9.17, 15) is 43.2 Å². The molecule has 0 saturated heterocycles. The Hall–Kier alpha value is -1.94. The van der Waals surface area contributed by atoms with E-state index in [1.54, 1.807) is 0 Å². The van der Waals surface area contributed by atoms with Crippen molar-refractivity contribution >= 4 is 39.5 Å². The van der Waals surface area contributed by atoms with E-state index in [-0.39, 0.29) is 25.7 Å². The highest BCUT2D eigenvalue weighted by Gasteiger charge is 2.30. The number of phosphoric acid groups is 2. The van der Waals surface area contributed by atoms with Gasteiger partial charge < -0.3 is 33.8 Å². The molecule has 2 unspecified atom stereocenters. The summed E-state index contributed by atoms with van der Waals surface area (Å²) in [5.74, 6) is -1.38. The third kappa shape index (κ3) is 66.5. The van der Waals surface area contributed by atoms with E-state index in [4.69, 9.17) is 37.0 Å². The molecule has 0 aliphatic heterocycles. The molecule has 0 rings (SSSR count). The largest absolute Gasteiger partial charge is 0.472 e. The second-order valence-electron chi connectivity index (χ2n) is 26.5. The summed E-state index contributed by atoms with van der Waals surface area (Å²) in [4.78, 5) is 72.6. The van der Waals surface area contributed by atoms with Crippen molar-refractivity contribution in [3.8, 4) is 0 Å². The summed E-state index contributed by atoms with van der Waals surface area (Å²) < 4.78 is 68.4. The molecule has 3 N–H and O–H groups in total. The molecule has 0 saturated carbocycles. The summed E-state index contributed by atoms with van der Waals surface area (Å²) in [7, 11) is -9.90. The van der Waals surface area contributed by atoms with Crippen molar-refractivity contribution in [3.63, 3.8) is 0 Å². The number of esters is 4. The first-order valence-electron chi connectivity index (χ1n) is 37.6. The Labute approximate surface area is 556 Å². The van der Waals surface area contributed by atoms with Crippen molar-refractivity contribution in [2.45, 2.75) is 393 Å². The van der Waals surface area contributed by atoms with Crippen LogP contribution in [0.15, 0.2) is 0 Å². The maximum Gasteiger partial charge on any atom is 0.472 e. The topological polar surface area (TPSA) is 237 Å². The molecule has 540 valence electrons. The first-order chi connectivity index (χ1) is 44.0. The van der Waals surface area contributed by atoms with Crippen LogP contribution in [0.3, 0.4) is 0 Å². The molecule has 0 amide bonds. The van der Waals surface area contributed by atoms with Gasteiger partial charge in [0.25, 0.3) is 0 Å². The normalized spacial score (nSPS) is 14.0. The van der Waals surface area contributed by atoms with Crippen molar-refractivity contribution in [2.75, 3.05) is 39.6 Å². The Morgan fingerprint density at radius 3 is 0.747 bits per heavy atom. The average Bonchev–Trinajstić information content (AvgIpc) is 3.35. The standard InChI is InChI=1S/C72H140O17P2/c1-6-9-12-15-18-21-24-26-27-29-32-37-42-47-52-57-71(76)88-67(61-83-70(75)56-51-46-41-36-31-28-25-22-19-16-13-10-7-2)63-86-90(78,79)84-59-66(73)60-85-91(80,81)87-64-68(62-82-69(74)55-50-45-40-35-30-23-20-17-14-11-8-3)89-72(77)58-53-48-43-38-33-34-39-44-49-54-65(4)5/h65-68,73H,6-64H2,1-5H3,(H,78,79)(H,80,81)/t66-,67-,68-/m1/s1. The Bertz CT molecular complexity index is 1750. The molecule has 0 aromatic rings. The third-order valence-electron chi connectivity index (χ3n) is 16.8. The molecule has 0 radical (unpaired) electrons. The van der Waals surface area contributed by atoms with Gasteiger partial charge in [-0.25, -0.2) is 9.13 Å². The van der Waals surface area contributed by atoms with Crippen LogP contribution in [0.5, 0.6) is 0 Å². The zero-order valence-corrected chi connectivity index (χ0v) is 60.8. The van der Waals surface area contributed by atoms with Gasteiger partial charge in [0.15, 0.2) is 12.2 Å². The molecule has 0 aliphatic rings. The number of hydrogen-bond acceptors (Lipinski definition) is 15. The van der Waals surface area contributed by atoms with E-state index in [1.807, 2.05) is 0 Å². The minimum Gasteiger partial charge on any atom is -0.462 e. The van der Waals surface area contributed by atoms with Gasteiger partial charge in [-0.15, -0.1) is 0 Å². The number of aliphatic hydroxyl groups excluding tert-OH is 1. The number of aliphatic hydroxyl groups is 1. The summed E-state index contributed by atoms with van der Waals surface area (Å²) in [5, 5.41) is 10.6. The van der Waals surface area contributed by atoms with Crippen LogP contribution in [-0.2, 0) is 65.4 Å². The molecule has 0 heterocycles. The van der Waals surface area contributed by atoms with E-state index in [0.717, 1.165) is 95.8 Å². The van der Waals surface area contributed by atoms with E-state index >= 15 is 0 Å². The first-order valence-corrected chi connectivity index (χ1v) is 40.6. The van der Waals surface area contributed by atoms with Gasteiger partial charge >= 0.3 is 39.5 Å². The maximum atomic E-state index is 13.0. The zero-order valence-electron chi connectivity index (χ0n) is 59.0. The van der Waals surface area contributed by atoms with Gasteiger partial charge in [-0.2, -0.15) is 0 Å². The molecule has 91 heavy (non-hydrogen) atoms. The smallest absolute Gasteiger partial charge is 0.462 e. The van der Waals surface area contributed by atoms with Gasteiger partial charge in [0.2, 0.25) is 0 Å². The molecule has 0 bridgehead atoms. The van der Waals surface area contributed by atoms with Gasteiger partial charge in [0, 0.05) is 25.7 Å². The molecule has 5 atom stereocenters. The predicted molar refractivity (Wildman–Crippen MR) is 368 cm³/mol. The van der Waals surface area contributed by atoms with Gasteiger partial charge in [0.05, 0.1) is 26.4 Å². The fraction of sp³-hybridized carbons (Fsp3) is 0.944. The number of phosphoric ester groups is 2. The summed E-state index contributed by atoms with van der Waals surface area (Å²) >= 11 is 0. The fourth-order valence-corrected chi connectivity index (χ4v) is 12.6. The molecular formula is C72H140O17P2. The first kappa shape index (κ1) is 89.1. The maximum absolute atomic E-state index is 13.0. The highest BCUT2D eigenvalue weighted by molar-refractivity contribution is 7.47. The van der Waals surface area contributed by atoms with E-state index in [0.29, 0.717) is 25.7 Å². The lowest BCUT2D eigenvalue weighted by atomic mass is 10.0.